The maximum atomic E-state index is 11.9. The van der Waals surface area contributed by atoms with Crippen molar-refractivity contribution in [3.8, 4) is 6.07 Å². The number of nitrogens with one attached hydrogen (secondary N) is 1. The highest BCUT2D eigenvalue weighted by Crippen LogP contribution is 2.33. The summed E-state index contributed by atoms with van der Waals surface area (Å²) in [6, 6.07) is 10.1. The maximum Gasteiger partial charge on any atom is 0.254 e. The molecule has 0 bridgehead atoms. The van der Waals surface area contributed by atoms with Crippen LogP contribution < -0.4 is 11.1 Å². The number of benzene rings is 1. The van der Waals surface area contributed by atoms with Gasteiger partial charge in [0.1, 0.15) is 5.56 Å². The molecule has 2 saturated heterocycles. The lowest BCUT2D eigenvalue weighted by Gasteiger charge is -2.38. The largest absolute Gasteiger partial charge is 0.379 e. The molecule has 0 spiro atoms. The maximum absolute atomic E-state index is 11.9. The van der Waals surface area contributed by atoms with Gasteiger partial charge in [0.25, 0.3) is 5.91 Å². The summed E-state index contributed by atoms with van der Waals surface area (Å²) in [4.78, 5) is 11.9. The van der Waals surface area contributed by atoms with E-state index in [9.17, 15) is 10.1 Å². The molecule has 0 aliphatic carbocycles. The van der Waals surface area contributed by atoms with Gasteiger partial charge in [-0.25, -0.2) is 0 Å². The molecule has 1 amide bonds. The zero-order valence-electron chi connectivity index (χ0n) is 15.7. The molecule has 2 aliphatic heterocycles. The third kappa shape index (κ3) is 3.35. The van der Waals surface area contributed by atoms with Crippen LogP contribution in [-0.2, 0) is 14.9 Å². The quantitative estimate of drug-likeness (QED) is 0.820. The molecule has 0 radical (unpaired) electrons. The molecule has 4 rings (SSSR count). The first-order valence-corrected chi connectivity index (χ1v) is 9.32. The van der Waals surface area contributed by atoms with Gasteiger partial charge in [-0.1, -0.05) is 19.1 Å². The van der Waals surface area contributed by atoms with Gasteiger partial charge in [-0.2, -0.15) is 10.4 Å². The number of hydrogen-bond acceptors (Lipinski definition) is 6. The Morgan fingerprint density at radius 3 is 2.71 bits per heavy atom. The topological polar surface area (TPSA) is 115 Å². The number of nitrogens with two attached hydrogens (primary N) is 1. The van der Waals surface area contributed by atoms with Gasteiger partial charge in [0, 0.05) is 23.9 Å². The van der Waals surface area contributed by atoms with E-state index in [0.717, 1.165) is 18.9 Å². The van der Waals surface area contributed by atoms with Crippen molar-refractivity contribution < 1.29 is 14.3 Å². The van der Waals surface area contributed by atoms with Crippen molar-refractivity contribution in [2.24, 2.45) is 11.7 Å². The molecule has 2 unspecified atom stereocenters. The van der Waals surface area contributed by atoms with Gasteiger partial charge < -0.3 is 20.5 Å². The Hall–Kier alpha value is -2.89. The van der Waals surface area contributed by atoms with Crippen LogP contribution in [0.4, 0.5) is 11.5 Å². The third-order valence-electron chi connectivity index (χ3n) is 5.52. The highest BCUT2D eigenvalue weighted by atomic mass is 16.5. The first-order chi connectivity index (χ1) is 13.5. The molecular weight excluding hydrogens is 358 g/mol. The van der Waals surface area contributed by atoms with E-state index in [4.69, 9.17) is 15.2 Å². The average molecular weight is 381 g/mol. The Bertz CT molecular complexity index is 911. The van der Waals surface area contributed by atoms with Crippen LogP contribution in [0.25, 0.3) is 0 Å². The lowest BCUT2D eigenvalue weighted by molar-refractivity contribution is -0.0499. The van der Waals surface area contributed by atoms with Gasteiger partial charge >= 0.3 is 0 Å². The number of hydrogen-bond donors (Lipinski definition) is 2. The molecule has 3 N–H and O–H groups in total. The number of carbonyl (C=O) groups excluding carboxylic acids is 1. The number of rotatable bonds is 5. The molecule has 146 valence electrons. The van der Waals surface area contributed by atoms with Gasteiger partial charge in [-0.05, 0) is 24.1 Å². The Morgan fingerprint density at radius 2 is 2.11 bits per heavy atom. The minimum Gasteiger partial charge on any atom is -0.379 e. The normalized spacial score (nSPS) is 23.4. The Balaban J connectivity index is 1.58. The average Bonchev–Trinajstić information content (AvgIpc) is 3.10. The van der Waals surface area contributed by atoms with E-state index in [1.807, 2.05) is 24.3 Å². The minimum atomic E-state index is -0.574. The van der Waals surface area contributed by atoms with Crippen LogP contribution in [0.1, 0.15) is 35.3 Å². The fourth-order valence-electron chi connectivity index (χ4n) is 3.64. The molecular formula is C20H23N5O3. The lowest BCUT2D eigenvalue weighted by atomic mass is 9.81. The van der Waals surface area contributed by atoms with Crippen LogP contribution >= 0.6 is 0 Å². The summed E-state index contributed by atoms with van der Waals surface area (Å²) in [6.45, 7) is 4.55. The van der Waals surface area contributed by atoms with Gasteiger partial charge in [0.2, 0.25) is 0 Å². The highest BCUT2D eigenvalue weighted by Gasteiger charge is 2.35. The van der Waals surface area contributed by atoms with E-state index in [0.29, 0.717) is 25.5 Å². The third-order valence-corrected chi connectivity index (χ3v) is 5.52. The summed E-state index contributed by atoms with van der Waals surface area (Å²) >= 11 is 0. The number of carbonyl (C=O) groups is 1. The van der Waals surface area contributed by atoms with Crippen molar-refractivity contribution in [2.75, 3.05) is 31.7 Å². The monoisotopic (exact) mass is 381 g/mol. The summed E-state index contributed by atoms with van der Waals surface area (Å²) in [6.07, 6.45) is 2.23. The number of amides is 1. The van der Waals surface area contributed by atoms with Crippen molar-refractivity contribution >= 4 is 17.4 Å². The zero-order valence-corrected chi connectivity index (χ0v) is 15.7. The Morgan fingerprint density at radius 1 is 1.36 bits per heavy atom. The summed E-state index contributed by atoms with van der Waals surface area (Å²) in [5.41, 5.74) is 7.90. The van der Waals surface area contributed by atoms with Gasteiger partial charge in [0.05, 0.1) is 37.8 Å². The minimum absolute atomic E-state index is 0.0613. The van der Waals surface area contributed by atoms with Gasteiger partial charge in [-0.3, -0.25) is 9.48 Å². The number of primary amides is 1. The molecule has 3 heterocycles. The molecule has 2 atom stereocenters. The molecule has 2 fully saturated rings. The summed E-state index contributed by atoms with van der Waals surface area (Å²) in [5, 5.41) is 17.1. The molecule has 1 aromatic carbocycles. The predicted molar refractivity (Wildman–Crippen MR) is 102 cm³/mol. The van der Waals surface area contributed by atoms with Gasteiger partial charge in [0.15, 0.2) is 5.82 Å². The van der Waals surface area contributed by atoms with Crippen LogP contribution in [0.3, 0.4) is 0 Å². The van der Waals surface area contributed by atoms with Crippen LogP contribution in [-0.4, -0.2) is 42.1 Å². The fourth-order valence-corrected chi connectivity index (χ4v) is 3.64. The lowest BCUT2D eigenvalue weighted by Crippen LogP contribution is -2.43. The first kappa shape index (κ1) is 18.5. The van der Waals surface area contributed by atoms with E-state index < -0.39 is 5.91 Å². The number of anilines is 2. The number of ether oxygens (including phenoxy) is 2. The molecule has 0 saturated carbocycles. The van der Waals surface area contributed by atoms with Crippen LogP contribution in [0.2, 0.25) is 0 Å². The summed E-state index contributed by atoms with van der Waals surface area (Å²) in [7, 11) is 0. The molecule has 2 aliphatic rings. The molecule has 1 aromatic heterocycles. The highest BCUT2D eigenvalue weighted by molar-refractivity contribution is 5.98. The van der Waals surface area contributed by atoms with E-state index in [1.54, 1.807) is 10.9 Å². The zero-order chi connectivity index (χ0) is 19.7. The van der Waals surface area contributed by atoms with Crippen molar-refractivity contribution in [2.45, 2.75) is 24.8 Å². The van der Waals surface area contributed by atoms with Crippen molar-refractivity contribution in [1.82, 2.24) is 9.78 Å². The van der Waals surface area contributed by atoms with E-state index >= 15 is 0 Å². The van der Waals surface area contributed by atoms with Crippen LogP contribution in [0.15, 0.2) is 30.5 Å². The standard InChI is InChI=1S/C20H23N5O3/c1-20(11-28-12-20)14-2-4-15(5-3-14)23-19-16(18(22)26)9-25(24-19)17-10-27-7-6-13(17)8-21/h2-5,9,13,17H,6-7,10-12H2,1H3,(H2,22,26)(H,23,24). The number of aromatic nitrogens is 2. The second kappa shape index (κ2) is 7.26. The van der Waals surface area contributed by atoms with E-state index in [1.165, 1.54) is 5.56 Å². The van der Waals surface area contributed by atoms with E-state index in [-0.39, 0.29) is 22.9 Å². The van der Waals surface area contributed by atoms with E-state index in [2.05, 4.69) is 23.4 Å². The van der Waals surface area contributed by atoms with Crippen LogP contribution in [0, 0.1) is 17.2 Å². The molecule has 8 heteroatoms. The molecule has 28 heavy (non-hydrogen) atoms. The molecule has 2 aromatic rings. The van der Waals surface area contributed by atoms with Crippen molar-refractivity contribution in [3.05, 3.63) is 41.6 Å². The van der Waals surface area contributed by atoms with Crippen molar-refractivity contribution in [1.29, 1.82) is 5.26 Å². The smallest absolute Gasteiger partial charge is 0.254 e. The summed E-state index contributed by atoms with van der Waals surface area (Å²) < 4.78 is 12.4. The predicted octanol–water partition coefficient (Wildman–Crippen LogP) is 2.11. The second-order valence-corrected chi connectivity index (χ2v) is 7.66. The SMILES string of the molecule is CC1(c2ccc(Nc3nn(C4COCCC4C#N)cc3C(N)=O)cc2)COC1. The number of nitriles is 1. The Kier molecular flexibility index (Phi) is 4.79. The number of nitrogens with zero attached hydrogens (tertiary/aromatic N) is 3. The first-order valence-electron chi connectivity index (χ1n) is 9.32. The van der Waals surface area contributed by atoms with Crippen molar-refractivity contribution in [3.63, 3.8) is 0 Å². The second-order valence-electron chi connectivity index (χ2n) is 7.66. The molecule has 8 nitrogen and oxygen atoms in total. The van der Waals surface area contributed by atoms with Gasteiger partial charge in [-0.15, -0.1) is 0 Å². The Labute approximate surface area is 163 Å². The fraction of sp³-hybridized carbons (Fsp3) is 0.450. The summed E-state index contributed by atoms with van der Waals surface area (Å²) in [5.74, 6) is -0.414. The van der Waals surface area contributed by atoms with Crippen LogP contribution in [0.5, 0.6) is 0 Å².